The highest BCUT2D eigenvalue weighted by atomic mass is 32.1. The van der Waals surface area contributed by atoms with Crippen LogP contribution in [0.1, 0.15) is 5.56 Å². The van der Waals surface area contributed by atoms with Crippen LogP contribution in [-0.2, 0) is 17.8 Å². The van der Waals surface area contributed by atoms with Gasteiger partial charge >= 0.3 is 0 Å². The molecule has 0 saturated heterocycles. The maximum atomic E-state index is 13.0. The third kappa shape index (κ3) is 3.93. The van der Waals surface area contributed by atoms with Crippen molar-refractivity contribution >= 4 is 33.1 Å². The fourth-order valence-electron chi connectivity index (χ4n) is 3.06. The quantitative estimate of drug-likeness (QED) is 0.551. The highest BCUT2D eigenvalue weighted by molar-refractivity contribution is 7.17. The minimum absolute atomic E-state index is 0.133. The van der Waals surface area contributed by atoms with Crippen LogP contribution in [0, 0.1) is 11.3 Å². The number of nitrogens with one attached hydrogen (secondary N) is 1. The second-order valence-corrected chi connectivity index (χ2v) is 7.31. The molecular weight excluding hydrogens is 384 g/mol. The van der Waals surface area contributed by atoms with Crippen LogP contribution in [-0.4, -0.2) is 15.5 Å². The lowest BCUT2D eigenvalue weighted by Crippen LogP contribution is -2.27. The van der Waals surface area contributed by atoms with Gasteiger partial charge in [-0.2, -0.15) is 5.26 Å². The summed E-state index contributed by atoms with van der Waals surface area (Å²) in [6.07, 6.45) is 1.73. The van der Waals surface area contributed by atoms with Crippen molar-refractivity contribution in [2.24, 2.45) is 0 Å². The molecule has 0 aliphatic rings. The number of aromatic nitrogens is 2. The van der Waals surface area contributed by atoms with Crippen molar-refractivity contribution in [2.45, 2.75) is 13.0 Å². The first-order valence-corrected chi connectivity index (χ1v) is 9.81. The number of benzene rings is 2. The molecule has 2 heterocycles. The van der Waals surface area contributed by atoms with Gasteiger partial charge in [-0.1, -0.05) is 42.5 Å². The number of rotatable bonds is 5. The van der Waals surface area contributed by atoms with Crippen molar-refractivity contribution in [3.63, 3.8) is 0 Å². The van der Waals surface area contributed by atoms with Gasteiger partial charge in [0, 0.05) is 16.6 Å². The van der Waals surface area contributed by atoms with Crippen molar-refractivity contribution in [3.8, 4) is 17.2 Å². The third-order valence-electron chi connectivity index (χ3n) is 4.48. The summed E-state index contributed by atoms with van der Waals surface area (Å²) in [5, 5.41) is 13.9. The van der Waals surface area contributed by atoms with E-state index in [1.165, 1.54) is 22.2 Å². The summed E-state index contributed by atoms with van der Waals surface area (Å²) in [6, 6.07) is 18.8. The van der Waals surface area contributed by atoms with E-state index in [1.54, 1.807) is 24.3 Å². The zero-order valence-corrected chi connectivity index (χ0v) is 16.1. The van der Waals surface area contributed by atoms with Crippen molar-refractivity contribution < 1.29 is 4.79 Å². The second kappa shape index (κ2) is 8.09. The Morgan fingerprint density at radius 1 is 1.14 bits per heavy atom. The Bertz CT molecular complexity index is 1270. The Hall–Kier alpha value is -3.76. The van der Waals surface area contributed by atoms with Gasteiger partial charge in [0.2, 0.25) is 5.91 Å². The fraction of sp³-hybridized carbons (Fsp3) is 0.0909. The molecule has 4 rings (SSSR count). The zero-order chi connectivity index (χ0) is 20.2. The van der Waals surface area contributed by atoms with E-state index in [9.17, 15) is 9.59 Å². The molecule has 0 unspecified atom stereocenters. The number of carbonyl (C=O) groups excluding carboxylic acids is 1. The van der Waals surface area contributed by atoms with Crippen LogP contribution >= 0.6 is 11.3 Å². The van der Waals surface area contributed by atoms with Crippen LogP contribution in [0.5, 0.6) is 0 Å². The van der Waals surface area contributed by atoms with Crippen molar-refractivity contribution in [3.05, 3.63) is 82.2 Å². The van der Waals surface area contributed by atoms with Gasteiger partial charge in [-0.25, -0.2) is 4.98 Å². The lowest BCUT2D eigenvalue weighted by atomic mass is 10.1. The number of hydrogen-bond donors (Lipinski definition) is 1. The Morgan fingerprint density at radius 3 is 2.62 bits per heavy atom. The molecule has 142 valence electrons. The van der Waals surface area contributed by atoms with Crippen molar-refractivity contribution in [1.29, 1.82) is 5.26 Å². The summed E-state index contributed by atoms with van der Waals surface area (Å²) in [6.45, 7) is -0.133. The Kier molecular flexibility index (Phi) is 5.18. The highest BCUT2D eigenvalue weighted by Crippen LogP contribution is 2.30. The van der Waals surface area contributed by atoms with E-state index in [4.69, 9.17) is 5.26 Å². The molecule has 7 heteroatoms. The average molecular weight is 400 g/mol. The van der Waals surface area contributed by atoms with Gasteiger partial charge in [-0.05, 0) is 23.3 Å². The van der Waals surface area contributed by atoms with Gasteiger partial charge in [0.1, 0.15) is 11.4 Å². The molecule has 0 radical (unpaired) electrons. The molecule has 1 N–H and O–H groups in total. The molecule has 29 heavy (non-hydrogen) atoms. The van der Waals surface area contributed by atoms with Gasteiger partial charge in [-0.15, -0.1) is 11.3 Å². The lowest BCUT2D eigenvalue weighted by molar-refractivity contribution is -0.116. The first kappa shape index (κ1) is 18.6. The molecule has 2 aromatic heterocycles. The SMILES string of the molecule is N#CCc1ccc(NC(=O)Cn2cnc3scc(-c4ccccc4)c3c2=O)cc1. The standard InChI is InChI=1S/C22H16N4O2S/c23-11-10-15-6-8-17(9-7-15)25-19(27)12-26-14-24-21-20(22(26)28)18(13-29-21)16-4-2-1-3-5-16/h1-9,13-14H,10,12H2,(H,25,27). The predicted molar refractivity (Wildman–Crippen MR) is 114 cm³/mol. The Labute approximate surface area is 170 Å². The first-order valence-electron chi connectivity index (χ1n) is 8.93. The minimum atomic E-state index is -0.322. The zero-order valence-electron chi connectivity index (χ0n) is 15.3. The van der Waals surface area contributed by atoms with Crippen LogP contribution < -0.4 is 10.9 Å². The van der Waals surface area contributed by atoms with E-state index in [-0.39, 0.29) is 18.0 Å². The molecule has 2 aromatic carbocycles. The second-order valence-electron chi connectivity index (χ2n) is 6.45. The van der Waals surface area contributed by atoms with Crippen LogP contribution in [0.4, 0.5) is 5.69 Å². The summed E-state index contributed by atoms with van der Waals surface area (Å²) in [5.74, 6) is -0.322. The number of thiophene rings is 1. The molecule has 4 aromatic rings. The number of nitriles is 1. The summed E-state index contributed by atoms with van der Waals surface area (Å²) in [4.78, 5) is 30.4. The largest absolute Gasteiger partial charge is 0.325 e. The van der Waals surface area contributed by atoms with Gasteiger partial charge < -0.3 is 5.32 Å². The Balaban J connectivity index is 1.58. The molecule has 0 bridgehead atoms. The molecule has 0 saturated carbocycles. The van der Waals surface area contributed by atoms with E-state index >= 15 is 0 Å². The number of hydrogen-bond acceptors (Lipinski definition) is 5. The monoisotopic (exact) mass is 400 g/mol. The molecule has 0 fully saturated rings. The van der Waals surface area contributed by atoms with Gasteiger partial charge in [0.15, 0.2) is 0 Å². The van der Waals surface area contributed by atoms with Crippen LogP contribution in [0.25, 0.3) is 21.3 Å². The average Bonchev–Trinajstić information content (AvgIpc) is 3.17. The summed E-state index contributed by atoms with van der Waals surface area (Å²) < 4.78 is 1.32. The summed E-state index contributed by atoms with van der Waals surface area (Å²) in [5.41, 5.74) is 3.01. The fourth-order valence-corrected chi connectivity index (χ4v) is 3.97. The Morgan fingerprint density at radius 2 is 1.90 bits per heavy atom. The number of anilines is 1. The maximum Gasteiger partial charge on any atom is 0.263 e. The van der Waals surface area contributed by atoms with Crippen LogP contribution in [0.15, 0.2) is 71.1 Å². The topological polar surface area (TPSA) is 87.8 Å². The molecule has 0 atom stereocenters. The smallest absolute Gasteiger partial charge is 0.263 e. The van der Waals surface area contributed by atoms with E-state index in [0.717, 1.165) is 16.7 Å². The van der Waals surface area contributed by atoms with Gasteiger partial charge in [0.25, 0.3) is 5.56 Å². The van der Waals surface area contributed by atoms with Crippen LogP contribution in [0.3, 0.4) is 0 Å². The number of nitrogens with zero attached hydrogens (tertiary/aromatic N) is 3. The van der Waals surface area contributed by atoms with Gasteiger partial charge in [-0.3, -0.25) is 14.2 Å². The van der Waals surface area contributed by atoms with E-state index in [0.29, 0.717) is 22.3 Å². The number of fused-ring (bicyclic) bond motifs is 1. The normalized spacial score (nSPS) is 10.6. The van der Waals surface area contributed by atoms with Crippen molar-refractivity contribution in [1.82, 2.24) is 9.55 Å². The minimum Gasteiger partial charge on any atom is -0.325 e. The third-order valence-corrected chi connectivity index (χ3v) is 5.37. The highest BCUT2D eigenvalue weighted by Gasteiger charge is 2.14. The molecule has 0 aliphatic carbocycles. The van der Waals surface area contributed by atoms with E-state index in [2.05, 4.69) is 16.4 Å². The lowest BCUT2D eigenvalue weighted by Gasteiger charge is -2.08. The molecule has 0 aliphatic heterocycles. The molecule has 0 spiro atoms. The van der Waals surface area contributed by atoms with E-state index < -0.39 is 0 Å². The molecular formula is C22H16N4O2S. The summed E-state index contributed by atoms with van der Waals surface area (Å²) in [7, 11) is 0. The predicted octanol–water partition coefficient (Wildman–Crippen LogP) is 3.83. The van der Waals surface area contributed by atoms with Crippen LogP contribution in [0.2, 0.25) is 0 Å². The number of carbonyl (C=O) groups is 1. The molecule has 6 nitrogen and oxygen atoms in total. The maximum absolute atomic E-state index is 13.0. The molecule has 1 amide bonds. The summed E-state index contributed by atoms with van der Waals surface area (Å²) >= 11 is 1.41. The van der Waals surface area contributed by atoms with E-state index in [1.807, 2.05) is 35.7 Å². The first-order chi connectivity index (χ1) is 14.2. The van der Waals surface area contributed by atoms with Gasteiger partial charge in [0.05, 0.1) is 24.2 Å². The van der Waals surface area contributed by atoms with Crippen molar-refractivity contribution in [2.75, 3.05) is 5.32 Å². The number of amides is 1.